The molecule has 16 heavy (non-hydrogen) atoms. The Bertz CT molecular complexity index is 590. The van der Waals surface area contributed by atoms with E-state index in [9.17, 15) is 0 Å². The summed E-state index contributed by atoms with van der Waals surface area (Å²) in [5.74, 6) is 0. The topological polar surface area (TPSA) is 28.1 Å². The summed E-state index contributed by atoms with van der Waals surface area (Å²) in [6, 6.07) is 8.85. The molecule has 1 atom stereocenters. The van der Waals surface area contributed by atoms with E-state index >= 15 is 0 Å². The molecule has 1 aliphatic heterocycles. The lowest BCUT2D eigenvalue weighted by atomic mass is 10.0. The molecule has 0 aliphatic carbocycles. The Morgan fingerprint density at radius 1 is 1.38 bits per heavy atom. The van der Waals surface area contributed by atoms with Gasteiger partial charge >= 0.3 is 0 Å². The van der Waals surface area contributed by atoms with Crippen LogP contribution in [0.1, 0.15) is 24.9 Å². The van der Waals surface area contributed by atoms with Crippen molar-refractivity contribution in [2.24, 2.45) is 4.99 Å². The van der Waals surface area contributed by atoms with Crippen LogP contribution in [0.4, 0.5) is 0 Å². The maximum Gasteiger partial charge on any atom is 0.0793 e. The Hall–Kier alpha value is -1.83. The zero-order chi connectivity index (χ0) is 11.1. The van der Waals surface area contributed by atoms with Gasteiger partial charge in [0.25, 0.3) is 0 Å². The molecule has 0 amide bonds. The second-order valence-electron chi connectivity index (χ2n) is 4.36. The summed E-state index contributed by atoms with van der Waals surface area (Å²) in [5, 5.41) is 1.25. The van der Waals surface area contributed by atoms with Crippen molar-refractivity contribution >= 4 is 16.6 Å². The molecule has 1 N–H and O–H groups in total. The van der Waals surface area contributed by atoms with E-state index in [0.717, 1.165) is 12.1 Å². The third-order valence-electron chi connectivity index (χ3n) is 3.26. The maximum atomic E-state index is 4.64. The predicted octanol–water partition coefficient (Wildman–Crippen LogP) is 3.63. The molecule has 2 heteroatoms. The van der Waals surface area contributed by atoms with Crippen molar-refractivity contribution < 1.29 is 0 Å². The van der Waals surface area contributed by atoms with Crippen LogP contribution >= 0.6 is 0 Å². The molecule has 0 saturated heterocycles. The first-order valence-electron chi connectivity index (χ1n) is 5.53. The lowest BCUT2D eigenvalue weighted by Gasteiger charge is -2.06. The quantitative estimate of drug-likeness (QED) is 0.744. The molecule has 80 valence electrons. The van der Waals surface area contributed by atoms with Gasteiger partial charge < -0.3 is 4.98 Å². The normalized spacial score (nSPS) is 20.4. The Morgan fingerprint density at radius 3 is 3.00 bits per heavy atom. The molecular formula is C14H14N2. The Balaban J connectivity index is 2.03. The standard InChI is InChI=1S/C14H14N2/c1-9-7-14(16-10(9)2)11-3-4-13-12(8-11)5-6-15-13/h3-6,8,14-15H,1,7H2,2H3. The van der Waals surface area contributed by atoms with Crippen molar-refractivity contribution in [3.05, 3.63) is 48.2 Å². The highest BCUT2D eigenvalue weighted by atomic mass is 14.8. The van der Waals surface area contributed by atoms with Crippen LogP contribution in [0.25, 0.3) is 10.9 Å². The van der Waals surface area contributed by atoms with E-state index < -0.39 is 0 Å². The van der Waals surface area contributed by atoms with Gasteiger partial charge in [0.05, 0.1) is 6.04 Å². The molecule has 2 heterocycles. The summed E-state index contributed by atoms with van der Waals surface area (Å²) in [7, 11) is 0. The number of aromatic nitrogens is 1. The van der Waals surface area contributed by atoms with E-state index in [4.69, 9.17) is 0 Å². The van der Waals surface area contributed by atoms with Crippen LogP contribution in [0.2, 0.25) is 0 Å². The molecule has 1 aromatic carbocycles. The number of aliphatic imine (C=N–C) groups is 1. The van der Waals surface area contributed by atoms with Crippen molar-refractivity contribution in [1.82, 2.24) is 4.98 Å². The molecular weight excluding hydrogens is 196 g/mol. The predicted molar refractivity (Wildman–Crippen MR) is 67.9 cm³/mol. The SMILES string of the molecule is C=C1CC(c2ccc3[nH]ccc3c2)N=C1C. The van der Waals surface area contributed by atoms with E-state index in [0.29, 0.717) is 0 Å². The first kappa shape index (κ1) is 9.40. The van der Waals surface area contributed by atoms with Gasteiger partial charge in [0.2, 0.25) is 0 Å². The van der Waals surface area contributed by atoms with Gasteiger partial charge in [-0.05, 0) is 41.6 Å². The van der Waals surface area contributed by atoms with Gasteiger partial charge in [0, 0.05) is 23.8 Å². The second kappa shape index (κ2) is 3.34. The molecule has 0 spiro atoms. The van der Waals surface area contributed by atoms with Crippen LogP contribution < -0.4 is 0 Å². The van der Waals surface area contributed by atoms with Gasteiger partial charge in [-0.1, -0.05) is 12.6 Å². The molecule has 0 saturated carbocycles. The zero-order valence-electron chi connectivity index (χ0n) is 9.33. The zero-order valence-corrected chi connectivity index (χ0v) is 9.33. The minimum absolute atomic E-state index is 0.270. The van der Waals surface area contributed by atoms with Gasteiger partial charge in [-0.3, -0.25) is 4.99 Å². The number of rotatable bonds is 1. The fourth-order valence-electron chi connectivity index (χ4n) is 2.22. The molecule has 2 nitrogen and oxygen atoms in total. The minimum atomic E-state index is 0.270. The third-order valence-corrected chi connectivity index (χ3v) is 3.26. The smallest absolute Gasteiger partial charge is 0.0793 e. The fraction of sp³-hybridized carbons (Fsp3) is 0.214. The van der Waals surface area contributed by atoms with Gasteiger partial charge in [-0.15, -0.1) is 0 Å². The summed E-state index contributed by atoms with van der Waals surface area (Å²) in [6.45, 7) is 6.07. The summed E-state index contributed by atoms with van der Waals surface area (Å²) in [6.07, 6.45) is 2.93. The monoisotopic (exact) mass is 210 g/mol. The van der Waals surface area contributed by atoms with Crippen LogP contribution in [0.15, 0.2) is 47.6 Å². The Morgan fingerprint density at radius 2 is 2.25 bits per heavy atom. The van der Waals surface area contributed by atoms with Gasteiger partial charge in [0.15, 0.2) is 0 Å². The van der Waals surface area contributed by atoms with E-state index in [1.165, 1.54) is 22.0 Å². The van der Waals surface area contributed by atoms with Crippen LogP contribution in [-0.4, -0.2) is 10.7 Å². The van der Waals surface area contributed by atoms with Crippen LogP contribution in [0, 0.1) is 0 Å². The third kappa shape index (κ3) is 1.38. The van der Waals surface area contributed by atoms with E-state index in [2.05, 4.69) is 40.8 Å². The largest absolute Gasteiger partial charge is 0.361 e. The molecule has 3 rings (SSSR count). The maximum absolute atomic E-state index is 4.64. The first-order valence-corrected chi connectivity index (χ1v) is 5.53. The lowest BCUT2D eigenvalue weighted by molar-refractivity contribution is 0.769. The van der Waals surface area contributed by atoms with Crippen molar-refractivity contribution in [1.29, 1.82) is 0 Å². The second-order valence-corrected chi connectivity index (χ2v) is 4.36. The molecule has 0 bridgehead atoms. The number of H-pyrrole nitrogens is 1. The number of nitrogens with zero attached hydrogens (tertiary/aromatic N) is 1. The highest BCUT2D eigenvalue weighted by molar-refractivity contribution is 5.99. The first-order chi connectivity index (χ1) is 7.74. The molecule has 1 aromatic heterocycles. The van der Waals surface area contributed by atoms with Crippen molar-refractivity contribution in [3.8, 4) is 0 Å². The molecule has 1 aliphatic rings. The lowest BCUT2D eigenvalue weighted by Crippen LogP contribution is -1.90. The number of fused-ring (bicyclic) bond motifs is 1. The minimum Gasteiger partial charge on any atom is -0.361 e. The fourth-order valence-corrected chi connectivity index (χ4v) is 2.22. The number of nitrogens with one attached hydrogen (secondary N) is 1. The van der Waals surface area contributed by atoms with Gasteiger partial charge in [0.1, 0.15) is 0 Å². The van der Waals surface area contributed by atoms with Crippen molar-refractivity contribution in [2.75, 3.05) is 0 Å². The summed E-state index contributed by atoms with van der Waals surface area (Å²) in [4.78, 5) is 7.84. The van der Waals surface area contributed by atoms with Gasteiger partial charge in [-0.25, -0.2) is 0 Å². The van der Waals surface area contributed by atoms with Crippen LogP contribution in [-0.2, 0) is 0 Å². The Labute approximate surface area is 94.7 Å². The van der Waals surface area contributed by atoms with Crippen LogP contribution in [0.5, 0.6) is 0 Å². The van der Waals surface area contributed by atoms with E-state index in [1.807, 2.05) is 13.1 Å². The van der Waals surface area contributed by atoms with E-state index in [-0.39, 0.29) is 6.04 Å². The van der Waals surface area contributed by atoms with Crippen LogP contribution in [0.3, 0.4) is 0 Å². The molecule has 2 aromatic rings. The summed E-state index contributed by atoms with van der Waals surface area (Å²) >= 11 is 0. The van der Waals surface area contributed by atoms with Crippen molar-refractivity contribution in [2.45, 2.75) is 19.4 Å². The highest BCUT2D eigenvalue weighted by Crippen LogP contribution is 2.32. The molecule has 0 radical (unpaired) electrons. The Kier molecular flexibility index (Phi) is 1.96. The highest BCUT2D eigenvalue weighted by Gasteiger charge is 2.19. The van der Waals surface area contributed by atoms with E-state index in [1.54, 1.807) is 0 Å². The number of hydrogen-bond acceptors (Lipinski definition) is 1. The van der Waals surface area contributed by atoms with Crippen molar-refractivity contribution in [3.63, 3.8) is 0 Å². The summed E-state index contributed by atoms with van der Waals surface area (Å²) in [5.41, 5.74) is 4.73. The van der Waals surface area contributed by atoms with Gasteiger partial charge in [-0.2, -0.15) is 0 Å². The number of aromatic amines is 1. The summed E-state index contributed by atoms with van der Waals surface area (Å²) < 4.78 is 0. The number of hydrogen-bond donors (Lipinski definition) is 1. The average molecular weight is 210 g/mol. The molecule has 1 unspecified atom stereocenters. The molecule has 0 fully saturated rings. The average Bonchev–Trinajstić information content (AvgIpc) is 2.85. The number of benzene rings is 1.